The van der Waals surface area contributed by atoms with Gasteiger partial charge in [-0.15, -0.1) is 0 Å². The van der Waals surface area contributed by atoms with Crippen molar-refractivity contribution in [2.45, 2.75) is 6.92 Å². The largest absolute Gasteiger partial charge is 0.245 e. The molecule has 0 fully saturated rings. The van der Waals surface area contributed by atoms with Crippen LogP contribution < -0.4 is 0 Å². The third-order valence-corrected chi connectivity index (χ3v) is 10.5. The zero-order chi connectivity index (χ0) is 38.1. The van der Waals surface area contributed by atoms with Crippen molar-refractivity contribution >= 4 is 21.8 Å². The van der Waals surface area contributed by atoms with E-state index in [-0.39, 0.29) is 0 Å². The van der Waals surface area contributed by atoms with Gasteiger partial charge < -0.3 is 0 Å². The van der Waals surface area contributed by atoms with E-state index in [1.165, 1.54) is 11.1 Å². The lowest BCUT2D eigenvalue weighted by molar-refractivity contribution is 1.07. The van der Waals surface area contributed by atoms with Crippen molar-refractivity contribution in [3.8, 4) is 78.9 Å². The van der Waals surface area contributed by atoms with E-state index in [4.69, 9.17) is 24.9 Å². The van der Waals surface area contributed by atoms with E-state index in [0.717, 1.165) is 77.7 Å². The smallest absolute Gasteiger partial charge is 0.164 e. The molecule has 0 saturated carbocycles. The van der Waals surface area contributed by atoms with Gasteiger partial charge in [0.15, 0.2) is 17.5 Å². The second kappa shape index (κ2) is 14.5. The van der Waals surface area contributed by atoms with Crippen LogP contribution in [0.3, 0.4) is 0 Å². The van der Waals surface area contributed by atoms with Gasteiger partial charge in [0.2, 0.25) is 0 Å². The fraction of sp³-hybridized carbons (Fsp3) is 0.0192. The highest BCUT2D eigenvalue weighted by molar-refractivity contribution is 6.05. The quantitative estimate of drug-likeness (QED) is 0.153. The third kappa shape index (κ3) is 6.72. The number of hydrogen-bond donors (Lipinski definition) is 0. The summed E-state index contributed by atoms with van der Waals surface area (Å²) in [5.41, 5.74) is 14.3. The molecule has 0 atom stereocenters. The van der Waals surface area contributed by atoms with Crippen LogP contribution in [0.15, 0.2) is 194 Å². The summed E-state index contributed by atoms with van der Waals surface area (Å²) in [4.78, 5) is 25.2. The zero-order valence-corrected chi connectivity index (χ0v) is 31.2. The van der Waals surface area contributed by atoms with E-state index in [1.807, 2.05) is 54.6 Å². The fourth-order valence-electron chi connectivity index (χ4n) is 7.40. The minimum Gasteiger partial charge on any atom is -0.245 e. The maximum absolute atomic E-state index is 5.21. The molecule has 5 heteroatoms. The first-order valence-corrected chi connectivity index (χ1v) is 19.1. The molecular weight excluding hydrogens is 695 g/mol. The van der Waals surface area contributed by atoms with Gasteiger partial charge in [0.25, 0.3) is 0 Å². The maximum atomic E-state index is 5.21. The molecule has 0 bridgehead atoms. The molecule has 0 amide bonds. The van der Waals surface area contributed by atoms with Crippen LogP contribution in [-0.4, -0.2) is 24.9 Å². The van der Waals surface area contributed by atoms with Crippen LogP contribution in [0.5, 0.6) is 0 Å². The summed E-state index contributed by atoms with van der Waals surface area (Å²) in [6.07, 6.45) is 0. The van der Waals surface area contributed by atoms with Crippen molar-refractivity contribution in [2.24, 2.45) is 0 Å². The highest BCUT2D eigenvalue weighted by Gasteiger charge is 2.14. The topological polar surface area (TPSA) is 64.5 Å². The van der Waals surface area contributed by atoms with Crippen LogP contribution in [0.2, 0.25) is 0 Å². The number of benzene rings is 7. The van der Waals surface area contributed by atoms with E-state index in [0.29, 0.717) is 17.5 Å². The van der Waals surface area contributed by atoms with Crippen molar-refractivity contribution in [1.82, 2.24) is 24.9 Å². The minimum atomic E-state index is 0.628. The summed E-state index contributed by atoms with van der Waals surface area (Å²) in [5, 5.41) is 2.19. The Morgan fingerprint density at radius 3 is 1.18 bits per heavy atom. The van der Waals surface area contributed by atoms with Crippen LogP contribution in [0, 0.1) is 6.92 Å². The van der Waals surface area contributed by atoms with Gasteiger partial charge in [0.05, 0.1) is 22.4 Å². The molecule has 5 nitrogen and oxygen atoms in total. The average Bonchev–Trinajstić information content (AvgIpc) is 3.29. The average molecular weight is 730 g/mol. The van der Waals surface area contributed by atoms with Gasteiger partial charge in [-0.05, 0) is 46.9 Å². The molecule has 10 aromatic rings. The summed E-state index contributed by atoms with van der Waals surface area (Å²) in [6, 6.07) is 66.9. The molecule has 0 aliphatic rings. The lowest BCUT2D eigenvalue weighted by atomic mass is 9.99. The van der Waals surface area contributed by atoms with Crippen molar-refractivity contribution in [3.63, 3.8) is 0 Å². The summed E-state index contributed by atoms with van der Waals surface area (Å²) < 4.78 is 0. The molecule has 0 radical (unpaired) electrons. The molecule has 0 aliphatic heterocycles. The van der Waals surface area contributed by atoms with Crippen LogP contribution >= 0.6 is 0 Å². The molecule has 0 N–H and O–H groups in total. The summed E-state index contributed by atoms with van der Waals surface area (Å²) in [6.45, 7) is 2.15. The molecule has 0 spiro atoms. The van der Waals surface area contributed by atoms with Gasteiger partial charge in [-0.3, -0.25) is 0 Å². The molecule has 3 heterocycles. The molecule has 7 aromatic carbocycles. The Kier molecular flexibility index (Phi) is 8.65. The standard InChI is InChI=1S/C52H35N5/c1-34-33-47(54-49-45(34)31-29-41-30-32-46(53-48(41)49)39-13-7-3-8-14-39)40-23-17-37(18-24-40)38-21-27-44(28-22-38)52-56-50(42-15-9-4-10-16-42)55-51(57-52)43-25-19-36(20-26-43)35-11-5-2-6-12-35/h2-33H,1H3. The van der Waals surface area contributed by atoms with Crippen LogP contribution in [-0.2, 0) is 0 Å². The van der Waals surface area contributed by atoms with E-state index in [1.54, 1.807) is 0 Å². The molecule has 10 rings (SSSR count). The van der Waals surface area contributed by atoms with Crippen LogP contribution in [0.1, 0.15) is 5.56 Å². The molecule has 0 saturated heterocycles. The maximum Gasteiger partial charge on any atom is 0.164 e. The van der Waals surface area contributed by atoms with Gasteiger partial charge >= 0.3 is 0 Å². The Hall–Kier alpha value is -7.63. The Labute approximate surface area is 331 Å². The first kappa shape index (κ1) is 33.9. The number of fused-ring (bicyclic) bond motifs is 3. The Bertz CT molecular complexity index is 3020. The monoisotopic (exact) mass is 729 g/mol. The highest BCUT2D eigenvalue weighted by atomic mass is 15.0. The van der Waals surface area contributed by atoms with Crippen molar-refractivity contribution in [3.05, 3.63) is 200 Å². The van der Waals surface area contributed by atoms with Crippen molar-refractivity contribution < 1.29 is 0 Å². The highest BCUT2D eigenvalue weighted by Crippen LogP contribution is 2.33. The summed E-state index contributed by atoms with van der Waals surface area (Å²) in [7, 11) is 0. The normalized spacial score (nSPS) is 11.2. The summed E-state index contributed by atoms with van der Waals surface area (Å²) in [5.74, 6) is 1.90. The molecule has 3 aromatic heterocycles. The molecule has 0 unspecified atom stereocenters. The minimum absolute atomic E-state index is 0.628. The number of hydrogen-bond acceptors (Lipinski definition) is 5. The van der Waals surface area contributed by atoms with Gasteiger partial charge in [0, 0.05) is 38.6 Å². The Morgan fingerprint density at radius 2 is 0.649 bits per heavy atom. The Morgan fingerprint density at radius 1 is 0.281 bits per heavy atom. The third-order valence-electron chi connectivity index (χ3n) is 10.5. The number of nitrogens with zero attached hydrogens (tertiary/aromatic N) is 5. The van der Waals surface area contributed by atoms with E-state index >= 15 is 0 Å². The second-order valence-electron chi connectivity index (χ2n) is 14.2. The van der Waals surface area contributed by atoms with Crippen LogP contribution in [0.25, 0.3) is 101 Å². The zero-order valence-electron chi connectivity index (χ0n) is 31.2. The summed E-state index contributed by atoms with van der Waals surface area (Å²) >= 11 is 0. The van der Waals surface area contributed by atoms with Gasteiger partial charge in [0.1, 0.15) is 0 Å². The van der Waals surface area contributed by atoms with Crippen molar-refractivity contribution in [1.29, 1.82) is 0 Å². The second-order valence-corrected chi connectivity index (χ2v) is 14.2. The molecular formula is C52H35N5. The predicted molar refractivity (Wildman–Crippen MR) is 233 cm³/mol. The first-order chi connectivity index (χ1) is 28.1. The molecule has 57 heavy (non-hydrogen) atoms. The number of aromatic nitrogens is 5. The first-order valence-electron chi connectivity index (χ1n) is 19.1. The lowest BCUT2D eigenvalue weighted by Crippen LogP contribution is -2.00. The molecule has 0 aliphatic carbocycles. The molecule has 268 valence electrons. The number of pyridine rings is 2. The number of aryl methyl sites for hydroxylation is 1. The lowest BCUT2D eigenvalue weighted by Gasteiger charge is -2.11. The van der Waals surface area contributed by atoms with Gasteiger partial charge in [-0.25, -0.2) is 24.9 Å². The van der Waals surface area contributed by atoms with Crippen LogP contribution in [0.4, 0.5) is 0 Å². The number of rotatable bonds is 7. The van der Waals surface area contributed by atoms with Gasteiger partial charge in [-0.2, -0.15) is 0 Å². The van der Waals surface area contributed by atoms with E-state index < -0.39 is 0 Å². The predicted octanol–water partition coefficient (Wildman–Crippen LogP) is 12.9. The van der Waals surface area contributed by atoms with E-state index in [9.17, 15) is 0 Å². The SMILES string of the molecule is Cc1cc(-c2ccc(-c3ccc(-c4nc(-c5ccccc5)nc(-c5ccc(-c6ccccc6)cc5)n4)cc3)cc2)nc2c1ccc1ccc(-c3ccccc3)nc12. The van der Waals surface area contributed by atoms with Crippen molar-refractivity contribution in [2.75, 3.05) is 0 Å². The fourth-order valence-corrected chi connectivity index (χ4v) is 7.40. The van der Waals surface area contributed by atoms with E-state index in [2.05, 4.69) is 146 Å². The Balaban J connectivity index is 0.956. The van der Waals surface area contributed by atoms with Gasteiger partial charge in [-0.1, -0.05) is 182 Å².